The molecule has 0 amide bonds. The van der Waals surface area contributed by atoms with Crippen LogP contribution in [0.25, 0.3) is 0 Å². The van der Waals surface area contributed by atoms with Crippen molar-refractivity contribution >= 4 is 0 Å². The Morgan fingerprint density at radius 3 is 2.76 bits per heavy atom. The molecule has 1 fully saturated rings. The van der Waals surface area contributed by atoms with Crippen LogP contribution in [-0.2, 0) is 6.54 Å². The Kier molecular flexibility index (Phi) is 6.33. The third-order valence-electron chi connectivity index (χ3n) is 4.08. The Hall–Kier alpha value is -1.26. The Bertz CT molecular complexity index is 436. The summed E-state index contributed by atoms with van der Waals surface area (Å²) < 4.78 is 10.9. The molecule has 1 aliphatic carbocycles. The lowest BCUT2D eigenvalue weighted by Gasteiger charge is -2.22. The normalized spacial score (nSPS) is 22.6. The van der Waals surface area contributed by atoms with Crippen LogP contribution < -0.4 is 14.8 Å². The lowest BCUT2D eigenvalue weighted by atomic mass is 10.1. The zero-order valence-electron chi connectivity index (χ0n) is 13.1. The summed E-state index contributed by atoms with van der Waals surface area (Å²) in [5.74, 6) is 1.54. The predicted molar refractivity (Wildman–Crippen MR) is 83.9 cm³/mol. The smallest absolute Gasteiger partial charge is 0.161 e. The molecule has 4 heteroatoms. The maximum absolute atomic E-state index is 10.1. The third kappa shape index (κ3) is 4.61. The fourth-order valence-electron chi connectivity index (χ4n) is 2.87. The van der Waals surface area contributed by atoms with Crippen LogP contribution in [0, 0.1) is 0 Å². The van der Waals surface area contributed by atoms with E-state index in [0.717, 1.165) is 42.9 Å². The number of benzene rings is 1. The fraction of sp³-hybridized carbons (Fsp3) is 0.647. The molecule has 2 atom stereocenters. The Morgan fingerprint density at radius 1 is 1.19 bits per heavy atom. The molecule has 0 bridgehead atoms. The van der Waals surface area contributed by atoms with Crippen LogP contribution >= 0.6 is 0 Å². The molecule has 21 heavy (non-hydrogen) atoms. The maximum Gasteiger partial charge on any atom is 0.161 e. The molecule has 0 heterocycles. The Balaban J connectivity index is 1.95. The number of methoxy groups -OCH3 is 1. The van der Waals surface area contributed by atoms with Gasteiger partial charge in [-0.3, -0.25) is 0 Å². The number of nitrogens with one attached hydrogen (secondary N) is 1. The number of ether oxygens (including phenoxy) is 2. The second-order valence-corrected chi connectivity index (χ2v) is 5.61. The predicted octanol–water partition coefficient (Wildman–Crippen LogP) is 2.88. The number of aliphatic hydroxyl groups is 1. The number of aliphatic hydroxyl groups excluding tert-OH is 1. The van der Waals surface area contributed by atoms with Crippen molar-refractivity contribution in [2.45, 2.75) is 57.7 Å². The van der Waals surface area contributed by atoms with Gasteiger partial charge in [0.25, 0.3) is 0 Å². The quantitative estimate of drug-likeness (QED) is 0.792. The average Bonchev–Trinajstić information content (AvgIpc) is 2.71. The number of rotatable bonds is 6. The molecule has 0 radical (unpaired) electrons. The molecule has 1 aliphatic rings. The van der Waals surface area contributed by atoms with Gasteiger partial charge in [0.15, 0.2) is 11.5 Å². The Morgan fingerprint density at radius 2 is 2.00 bits per heavy atom. The minimum absolute atomic E-state index is 0.199. The largest absolute Gasteiger partial charge is 0.493 e. The van der Waals surface area contributed by atoms with E-state index in [-0.39, 0.29) is 12.1 Å². The van der Waals surface area contributed by atoms with Crippen molar-refractivity contribution in [2.24, 2.45) is 0 Å². The first-order chi connectivity index (χ1) is 10.2. The minimum Gasteiger partial charge on any atom is -0.493 e. The number of hydrogen-bond donors (Lipinski definition) is 2. The van der Waals surface area contributed by atoms with E-state index in [1.54, 1.807) is 7.11 Å². The van der Waals surface area contributed by atoms with Crippen molar-refractivity contribution in [3.63, 3.8) is 0 Å². The van der Waals surface area contributed by atoms with Gasteiger partial charge in [0.05, 0.1) is 19.8 Å². The van der Waals surface area contributed by atoms with Crippen LogP contribution in [0.3, 0.4) is 0 Å². The van der Waals surface area contributed by atoms with E-state index in [0.29, 0.717) is 6.61 Å². The van der Waals surface area contributed by atoms with Gasteiger partial charge in [0.2, 0.25) is 0 Å². The van der Waals surface area contributed by atoms with Crippen molar-refractivity contribution in [1.29, 1.82) is 0 Å². The highest BCUT2D eigenvalue weighted by Gasteiger charge is 2.20. The molecule has 0 spiro atoms. The van der Waals surface area contributed by atoms with Gasteiger partial charge in [0, 0.05) is 12.6 Å². The first kappa shape index (κ1) is 16.1. The molecule has 2 rings (SSSR count). The second kappa shape index (κ2) is 8.25. The molecule has 2 unspecified atom stereocenters. The van der Waals surface area contributed by atoms with E-state index < -0.39 is 0 Å². The van der Waals surface area contributed by atoms with Gasteiger partial charge in [-0.2, -0.15) is 0 Å². The van der Waals surface area contributed by atoms with Crippen LogP contribution in [0.2, 0.25) is 0 Å². The molecular formula is C17H27NO3. The number of hydrogen-bond acceptors (Lipinski definition) is 4. The average molecular weight is 293 g/mol. The van der Waals surface area contributed by atoms with Crippen molar-refractivity contribution in [1.82, 2.24) is 5.32 Å². The van der Waals surface area contributed by atoms with E-state index >= 15 is 0 Å². The van der Waals surface area contributed by atoms with Crippen molar-refractivity contribution < 1.29 is 14.6 Å². The standard InChI is InChI=1S/C17H27NO3/c1-3-21-16-10-9-13(11-17(16)20-2)12-18-14-7-5-4-6-8-15(14)19/h9-11,14-15,18-19H,3-8,12H2,1-2H3. The van der Waals surface area contributed by atoms with Gasteiger partial charge in [-0.25, -0.2) is 0 Å². The van der Waals surface area contributed by atoms with Gasteiger partial charge >= 0.3 is 0 Å². The van der Waals surface area contributed by atoms with Crippen LogP contribution in [-0.4, -0.2) is 31.0 Å². The van der Waals surface area contributed by atoms with Crippen LogP contribution in [0.5, 0.6) is 11.5 Å². The molecule has 0 saturated heterocycles. The summed E-state index contributed by atoms with van der Waals surface area (Å²) in [6.45, 7) is 3.33. The molecular weight excluding hydrogens is 266 g/mol. The van der Waals surface area contributed by atoms with Gasteiger partial charge < -0.3 is 19.9 Å². The summed E-state index contributed by atoms with van der Waals surface area (Å²) >= 11 is 0. The van der Waals surface area contributed by atoms with Gasteiger partial charge in [-0.15, -0.1) is 0 Å². The Labute approximate surface area is 127 Å². The van der Waals surface area contributed by atoms with E-state index in [1.165, 1.54) is 12.8 Å². The summed E-state index contributed by atoms with van der Waals surface area (Å²) in [4.78, 5) is 0. The lowest BCUT2D eigenvalue weighted by Crippen LogP contribution is -2.38. The first-order valence-corrected chi connectivity index (χ1v) is 7.95. The van der Waals surface area contributed by atoms with Gasteiger partial charge in [0.1, 0.15) is 0 Å². The van der Waals surface area contributed by atoms with E-state index in [4.69, 9.17) is 9.47 Å². The third-order valence-corrected chi connectivity index (χ3v) is 4.08. The molecule has 4 nitrogen and oxygen atoms in total. The minimum atomic E-state index is -0.225. The van der Waals surface area contributed by atoms with Crippen molar-refractivity contribution in [3.8, 4) is 11.5 Å². The van der Waals surface area contributed by atoms with Gasteiger partial charge in [-0.05, 0) is 37.5 Å². The summed E-state index contributed by atoms with van der Waals surface area (Å²) in [7, 11) is 1.66. The molecule has 1 aromatic rings. The summed E-state index contributed by atoms with van der Waals surface area (Å²) in [6.07, 6.45) is 5.29. The molecule has 2 N–H and O–H groups in total. The molecule has 118 valence electrons. The zero-order chi connectivity index (χ0) is 15.1. The van der Waals surface area contributed by atoms with Crippen LogP contribution in [0.15, 0.2) is 18.2 Å². The van der Waals surface area contributed by atoms with E-state index in [1.807, 2.05) is 25.1 Å². The summed E-state index contributed by atoms with van der Waals surface area (Å²) in [5, 5.41) is 13.6. The molecule has 1 saturated carbocycles. The van der Waals surface area contributed by atoms with E-state index in [9.17, 15) is 5.11 Å². The van der Waals surface area contributed by atoms with E-state index in [2.05, 4.69) is 5.32 Å². The monoisotopic (exact) mass is 293 g/mol. The topological polar surface area (TPSA) is 50.7 Å². The summed E-state index contributed by atoms with van der Waals surface area (Å²) in [5.41, 5.74) is 1.15. The molecule has 1 aromatic carbocycles. The second-order valence-electron chi connectivity index (χ2n) is 5.61. The highest BCUT2D eigenvalue weighted by atomic mass is 16.5. The first-order valence-electron chi connectivity index (χ1n) is 7.95. The SMILES string of the molecule is CCOc1ccc(CNC2CCCCCC2O)cc1OC. The summed E-state index contributed by atoms with van der Waals surface area (Å²) in [6, 6.07) is 6.19. The van der Waals surface area contributed by atoms with Gasteiger partial charge in [-0.1, -0.05) is 25.3 Å². The highest BCUT2D eigenvalue weighted by Crippen LogP contribution is 2.28. The molecule has 0 aliphatic heterocycles. The van der Waals surface area contributed by atoms with Crippen LogP contribution in [0.4, 0.5) is 0 Å². The molecule has 0 aromatic heterocycles. The fourth-order valence-corrected chi connectivity index (χ4v) is 2.87. The van der Waals surface area contributed by atoms with Crippen molar-refractivity contribution in [2.75, 3.05) is 13.7 Å². The highest BCUT2D eigenvalue weighted by molar-refractivity contribution is 5.42. The van der Waals surface area contributed by atoms with Crippen molar-refractivity contribution in [3.05, 3.63) is 23.8 Å². The zero-order valence-corrected chi connectivity index (χ0v) is 13.1. The maximum atomic E-state index is 10.1. The van der Waals surface area contributed by atoms with Crippen LogP contribution in [0.1, 0.15) is 44.6 Å². The lowest BCUT2D eigenvalue weighted by molar-refractivity contribution is 0.119.